The van der Waals surface area contributed by atoms with Crippen LogP contribution in [-0.2, 0) is 4.74 Å². The minimum atomic E-state index is -1.39. The molecule has 2 aliphatic rings. The minimum absolute atomic E-state index is 0.0767. The van der Waals surface area contributed by atoms with Gasteiger partial charge in [0.2, 0.25) is 5.43 Å². The number of aliphatic hydroxyl groups is 1. The molecule has 3 atom stereocenters. The normalized spacial score (nSPS) is 21.0. The average Bonchev–Trinajstić information content (AvgIpc) is 2.75. The first-order valence-electron chi connectivity index (χ1n) is 11.5. The number of carboxylic acid groups (broad SMARTS) is 1. The molecule has 1 unspecified atom stereocenters. The molecule has 190 valence electrons. The number of rotatable bonds is 3. The quantitative estimate of drug-likeness (QED) is 0.672. The maximum atomic E-state index is 15.5. The summed E-state index contributed by atoms with van der Waals surface area (Å²) in [6, 6.07) is 0.0783. The molecule has 11 heteroatoms. The van der Waals surface area contributed by atoms with Gasteiger partial charge < -0.3 is 29.2 Å². The average molecular weight is 492 g/mol. The molecule has 35 heavy (non-hydrogen) atoms. The lowest BCUT2D eigenvalue weighted by molar-refractivity contribution is -0.00566. The number of piperazine rings is 1. The van der Waals surface area contributed by atoms with E-state index in [2.05, 4.69) is 0 Å². The van der Waals surface area contributed by atoms with Crippen molar-refractivity contribution < 1.29 is 33.7 Å². The number of pyridine rings is 1. The summed E-state index contributed by atoms with van der Waals surface area (Å²) in [6.45, 7) is 9.27. The summed E-state index contributed by atoms with van der Waals surface area (Å²) in [5.41, 5.74) is -1.52. The molecule has 0 bridgehead atoms. The second-order valence-electron chi connectivity index (χ2n) is 10.1. The standard InChI is InChI=1S/C24H30FN3O7/c1-12-11-34-21-18-14(20(30)15(22(31)32)9-28(12)18)8-16(25)19(21)26-6-7-27(17(10-26)13(2)29)23(33)35-24(3,4)5/h8-9,12-13,17,29H,6-7,10-11H2,1-5H3,(H,31,32)/t12-,13?,17-/m0/s1. The van der Waals surface area contributed by atoms with Crippen LogP contribution < -0.4 is 15.1 Å². The Bertz CT molecular complexity index is 1250. The van der Waals surface area contributed by atoms with E-state index in [9.17, 15) is 24.6 Å². The third-order valence-electron chi connectivity index (χ3n) is 6.29. The van der Waals surface area contributed by atoms with Gasteiger partial charge in [0.15, 0.2) is 11.6 Å². The molecule has 2 aromatic rings. The van der Waals surface area contributed by atoms with Crippen molar-refractivity contribution in [1.82, 2.24) is 9.47 Å². The molecular formula is C24H30FN3O7. The number of nitrogens with zero attached hydrogens (tertiary/aromatic N) is 3. The Morgan fingerprint density at radius 2 is 1.97 bits per heavy atom. The smallest absolute Gasteiger partial charge is 0.410 e. The van der Waals surface area contributed by atoms with Crippen LogP contribution in [0.2, 0.25) is 0 Å². The Balaban J connectivity index is 1.79. The van der Waals surface area contributed by atoms with Gasteiger partial charge in [0.05, 0.1) is 29.1 Å². The number of hydrogen-bond acceptors (Lipinski definition) is 7. The van der Waals surface area contributed by atoms with E-state index in [0.29, 0.717) is 5.52 Å². The van der Waals surface area contributed by atoms with Crippen molar-refractivity contribution in [2.75, 3.05) is 31.1 Å². The number of ether oxygens (including phenoxy) is 2. The molecule has 4 rings (SSSR count). The fourth-order valence-electron chi connectivity index (χ4n) is 4.63. The van der Waals surface area contributed by atoms with E-state index in [1.807, 2.05) is 6.92 Å². The molecule has 1 aromatic carbocycles. The highest BCUT2D eigenvalue weighted by molar-refractivity contribution is 5.97. The highest BCUT2D eigenvalue weighted by Gasteiger charge is 2.38. The zero-order chi connectivity index (χ0) is 25.8. The van der Waals surface area contributed by atoms with Gasteiger partial charge >= 0.3 is 12.1 Å². The minimum Gasteiger partial charge on any atom is -0.487 e. The highest BCUT2D eigenvalue weighted by atomic mass is 19.1. The van der Waals surface area contributed by atoms with Crippen molar-refractivity contribution in [3.05, 3.63) is 33.9 Å². The first-order valence-corrected chi connectivity index (χ1v) is 11.5. The predicted molar refractivity (Wildman–Crippen MR) is 126 cm³/mol. The lowest BCUT2D eigenvalue weighted by Gasteiger charge is -2.44. The number of halogens is 1. The van der Waals surface area contributed by atoms with Gasteiger partial charge in [-0.1, -0.05) is 0 Å². The molecule has 3 heterocycles. The molecule has 2 aliphatic heterocycles. The Morgan fingerprint density at radius 3 is 2.57 bits per heavy atom. The molecule has 0 aliphatic carbocycles. The molecule has 0 saturated carbocycles. The summed E-state index contributed by atoms with van der Waals surface area (Å²) in [6.07, 6.45) is -0.226. The van der Waals surface area contributed by atoms with E-state index >= 15 is 4.39 Å². The van der Waals surface area contributed by atoms with E-state index in [-0.39, 0.29) is 49.1 Å². The predicted octanol–water partition coefficient (Wildman–Crippen LogP) is 2.60. The van der Waals surface area contributed by atoms with Crippen molar-refractivity contribution in [3.8, 4) is 5.75 Å². The van der Waals surface area contributed by atoms with Crippen LogP contribution in [0.4, 0.5) is 14.9 Å². The SMILES string of the molecule is CC(O)[C@@H]1CN(c2c(F)cc3c(=O)c(C(=O)O)cn4c3c2OC[C@@H]4C)CCN1C(=O)OC(C)(C)C. The Kier molecular flexibility index (Phi) is 6.16. The second-order valence-corrected chi connectivity index (χ2v) is 10.1. The molecule has 1 saturated heterocycles. The lowest BCUT2D eigenvalue weighted by Crippen LogP contribution is -2.60. The van der Waals surface area contributed by atoms with Gasteiger partial charge in [-0.3, -0.25) is 9.69 Å². The molecule has 0 spiro atoms. The Labute approximate surface area is 201 Å². The summed E-state index contributed by atoms with van der Waals surface area (Å²) >= 11 is 0. The zero-order valence-electron chi connectivity index (χ0n) is 20.4. The van der Waals surface area contributed by atoms with Gasteiger partial charge in [0.25, 0.3) is 0 Å². The number of anilines is 1. The van der Waals surface area contributed by atoms with Gasteiger partial charge in [-0.05, 0) is 40.7 Å². The fraction of sp³-hybridized carbons (Fsp3) is 0.542. The first kappa shape index (κ1) is 24.8. The van der Waals surface area contributed by atoms with Crippen LogP contribution in [-0.4, -0.2) is 75.7 Å². The topological polar surface area (TPSA) is 122 Å². The Morgan fingerprint density at radius 1 is 1.29 bits per heavy atom. The van der Waals surface area contributed by atoms with E-state index in [0.717, 1.165) is 6.07 Å². The van der Waals surface area contributed by atoms with E-state index < -0.39 is 46.6 Å². The van der Waals surface area contributed by atoms with Crippen LogP contribution in [0.1, 0.15) is 51.0 Å². The van der Waals surface area contributed by atoms with Gasteiger partial charge in [-0.15, -0.1) is 0 Å². The van der Waals surface area contributed by atoms with Crippen molar-refractivity contribution >= 4 is 28.7 Å². The number of benzene rings is 1. The molecule has 1 fully saturated rings. The van der Waals surface area contributed by atoms with E-state index in [4.69, 9.17) is 9.47 Å². The summed E-state index contributed by atoms with van der Waals surface area (Å²) in [7, 11) is 0. The van der Waals surface area contributed by atoms with Crippen LogP contribution in [0.25, 0.3) is 10.9 Å². The van der Waals surface area contributed by atoms with E-state index in [1.165, 1.54) is 11.1 Å². The zero-order valence-corrected chi connectivity index (χ0v) is 20.4. The number of aliphatic hydroxyl groups excluding tert-OH is 1. The summed E-state index contributed by atoms with van der Waals surface area (Å²) < 4.78 is 28.6. The maximum Gasteiger partial charge on any atom is 0.410 e. The molecule has 10 nitrogen and oxygen atoms in total. The number of amides is 1. The summed E-state index contributed by atoms with van der Waals surface area (Å²) in [4.78, 5) is 40.3. The summed E-state index contributed by atoms with van der Waals surface area (Å²) in [5.74, 6) is -1.99. The van der Waals surface area contributed by atoms with E-state index in [1.54, 1.807) is 37.2 Å². The summed E-state index contributed by atoms with van der Waals surface area (Å²) in [5, 5.41) is 19.8. The third-order valence-corrected chi connectivity index (χ3v) is 6.29. The van der Waals surface area contributed by atoms with Crippen molar-refractivity contribution in [2.45, 2.75) is 58.4 Å². The maximum absolute atomic E-state index is 15.5. The molecule has 1 aromatic heterocycles. The van der Waals surface area contributed by atoms with Crippen LogP contribution in [0.15, 0.2) is 17.1 Å². The number of aromatic nitrogens is 1. The number of carboxylic acids is 1. The third kappa shape index (κ3) is 4.40. The van der Waals surface area contributed by atoms with Gasteiger partial charge in [0, 0.05) is 25.8 Å². The van der Waals surface area contributed by atoms with Crippen molar-refractivity contribution in [3.63, 3.8) is 0 Å². The lowest BCUT2D eigenvalue weighted by atomic mass is 10.0. The van der Waals surface area contributed by atoms with Crippen LogP contribution in [0.3, 0.4) is 0 Å². The highest BCUT2D eigenvalue weighted by Crippen LogP contribution is 2.42. The molecule has 0 radical (unpaired) electrons. The first-order chi connectivity index (χ1) is 16.3. The van der Waals surface area contributed by atoms with Crippen molar-refractivity contribution in [1.29, 1.82) is 0 Å². The Hall–Kier alpha value is -3.34. The molecule has 1 amide bonds. The van der Waals surface area contributed by atoms with Crippen LogP contribution in [0.5, 0.6) is 5.75 Å². The monoisotopic (exact) mass is 491 g/mol. The number of carbonyl (C=O) groups is 2. The van der Waals surface area contributed by atoms with Gasteiger partial charge in [-0.25, -0.2) is 14.0 Å². The van der Waals surface area contributed by atoms with Crippen molar-refractivity contribution in [2.24, 2.45) is 0 Å². The number of hydrogen-bond donors (Lipinski definition) is 2. The fourth-order valence-corrected chi connectivity index (χ4v) is 4.63. The second kappa shape index (κ2) is 8.71. The van der Waals surface area contributed by atoms with Gasteiger partial charge in [-0.2, -0.15) is 0 Å². The number of carbonyl (C=O) groups excluding carboxylic acids is 1. The molecule has 2 N–H and O–H groups in total. The van der Waals surface area contributed by atoms with Crippen LogP contribution in [0, 0.1) is 5.82 Å². The molecular weight excluding hydrogens is 461 g/mol. The largest absolute Gasteiger partial charge is 0.487 e. The number of aromatic carboxylic acids is 1. The van der Waals surface area contributed by atoms with Crippen LogP contribution >= 0.6 is 0 Å². The van der Waals surface area contributed by atoms with Gasteiger partial charge in [0.1, 0.15) is 23.5 Å².